The number of aromatic hydroxyl groups is 1. The van der Waals surface area contributed by atoms with Crippen LogP contribution >= 0.6 is 0 Å². The van der Waals surface area contributed by atoms with E-state index in [1.54, 1.807) is 49.5 Å². The molecule has 4 aromatic rings. The number of carbonyl (C=O) groups is 1. The summed E-state index contributed by atoms with van der Waals surface area (Å²) in [5.74, 6) is -0.527. The highest BCUT2D eigenvalue weighted by molar-refractivity contribution is 6.22. The van der Waals surface area contributed by atoms with Crippen LogP contribution in [0.4, 0.5) is 11.4 Å². The Morgan fingerprint density at radius 2 is 1.72 bits per heavy atom. The van der Waals surface area contributed by atoms with Crippen LogP contribution in [0.25, 0.3) is 10.9 Å². The molecule has 0 saturated heterocycles. The first-order valence-electron chi connectivity index (χ1n) is 9.76. The van der Waals surface area contributed by atoms with Crippen molar-refractivity contribution in [1.29, 1.82) is 0 Å². The number of ether oxygens (including phenoxy) is 1. The van der Waals surface area contributed by atoms with Crippen LogP contribution < -0.4 is 5.01 Å². The zero-order valence-electron chi connectivity index (χ0n) is 17.4. The highest BCUT2D eigenvalue weighted by Crippen LogP contribution is 2.32. The van der Waals surface area contributed by atoms with Gasteiger partial charge in [-0.15, -0.1) is 4.91 Å². The maximum Gasteiger partial charge on any atom is 0.337 e. The van der Waals surface area contributed by atoms with E-state index in [0.29, 0.717) is 39.1 Å². The van der Waals surface area contributed by atoms with Gasteiger partial charge in [-0.2, -0.15) is 0 Å². The Labute approximate surface area is 183 Å². The Hall–Kier alpha value is -4.46. The van der Waals surface area contributed by atoms with Gasteiger partial charge < -0.3 is 14.8 Å². The van der Waals surface area contributed by atoms with Crippen molar-refractivity contribution in [3.05, 3.63) is 94.4 Å². The number of aliphatic imine (C=N–C) groups is 1. The first kappa shape index (κ1) is 20.8. The summed E-state index contributed by atoms with van der Waals surface area (Å²) in [4.78, 5) is 30.4. The van der Waals surface area contributed by atoms with Crippen LogP contribution in [0.15, 0.2) is 83.1 Å². The standard InChI is InChI=1S/C24H20N4O4/c1-28(27-31)18-11-9-17(10-12-18)25-22(15-6-4-3-5-7-15)21-19-13-8-16(24(30)32-2)14-20(19)26-23(21)29/h3-14,26,29H,1-2H3. The van der Waals surface area contributed by atoms with Crippen LogP contribution in [-0.4, -0.2) is 35.9 Å². The number of fused-ring (bicyclic) bond motifs is 1. The molecule has 0 unspecified atom stereocenters. The molecule has 3 aromatic carbocycles. The van der Waals surface area contributed by atoms with Gasteiger partial charge in [0.25, 0.3) is 0 Å². The van der Waals surface area contributed by atoms with E-state index in [1.807, 2.05) is 30.3 Å². The minimum atomic E-state index is -0.464. The van der Waals surface area contributed by atoms with Gasteiger partial charge in [0.05, 0.1) is 40.6 Å². The minimum absolute atomic E-state index is 0.0638. The lowest BCUT2D eigenvalue weighted by Crippen LogP contribution is -2.06. The number of anilines is 1. The van der Waals surface area contributed by atoms with Gasteiger partial charge >= 0.3 is 5.97 Å². The van der Waals surface area contributed by atoms with Gasteiger partial charge in [-0.05, 0) is 36.4 Å². The predicted molar refractivity (Wildman–Crippen MR) is 124 cm³/mol. The van der Waals surface area contributed by atoms with Crippen molar-refractivity contribution in [2.45, 2.75) is 0 Å². The number of benzene rings is 3. The molecule has 8 heteroatoms. The largest absolute Gasteiger partial charge is 0.494 e. The van der Waals surface area contributed by atoms with Crippen molar-refractivity contribution in [3.8, 4) is 5.88 Å². The van der Waals surface area contributed by atoms with Crippen LogP contribution in [-0.2, 0) is 4.74 Å². The SMILES string of the molecule is COC(=O)c1ccc2c(C(=Nc3ccc(N(C)N=O)cc3)c3ccccc3)c(O)[nH]c2c1. The summed E-state index contributed by atoms with van der Waals surface area (Å²) in [7, 11) is 2.88. The van der Waals surface area contributed by atoms with Crippen molar-refractivity contribution >= 4 is 34.0 Å². The van der Waals surface area contributed by atoms with Crippen LogP contribution in [0.5, 0.6) is 5.88 Å². The quantitative estimate of drug-likeness (QED) is 0.196. The zero-order chi connectivity index (χ0) is 22.7. The molecule has 0 bridgehead atoms. The third-order valence-electron chi connectivity index (χ3n) is 5.07. The molecule has 0 atom stereocenters. The van der Waals surface area contributed by atoms with Crippen molar-refractivity contribution < 1.29 is 14.6 Å². The minimum Gasteiger partial charge on any atom is -0.494 e. The third-order valence-corrected chi connectivity index (χ3v) is 5.07. The molecule has 1 heterocycles. The number of nitrogens with zero attached hydrogens (tertiary/aromatic N) is 3. The maximum atomic E-state index is 11.9. The van der Waals surface area contributed by atoms with Crippen molar-refractivity contribution in [2.75, 3.05) is 19.2 Å². The fourth-order valence-electron chi connectivity index (χ4n) is 3.45. The second-order valence-electron chi connectivity index (χ2n) is 7.05. The highest BCUT2D eigenvalue weighted by Gasteiger charge is 2.20. The normalized spacial score (nSPS) is 11.4. The highest BCUT2D eigenvalue weighted by atomic mass is 16.5. The topological polar surface area (TPSA) is 107 Å². The molecule has 8 nitrogen and oxygen atoms in total. The predicted octanol–water partition coefficient (Wildman–Crippen LogP) is 4.95. The molecule has 0 aliphatic heterocycles. The lowest BCUT2D eigenvalue weighted by molar-refractivity contribution is 0.0601. The molecule has 0 amide bonds. The third kappa shape index (κ3) is 3.93. The number of rotatable bonds is 6. The van der Waals surface area contributed by atoms with E-state index in [1.165, 1.54) is 12.1 Å². The number of carbonyl (C=O) groups excluding carboxylic acids is 1. The molecule has 1 aromatic heterocycles. The fourth-order valence-corrected chi connectivity index (χ4v) is 3.45. The summed E-state index contributed by atoms with van der Waals surface area (Å²) in [5, 5.41) is 15.6. The number of nitroso groups, excluding NO2 is 1. The van der Waals surface area contributed by atoms with Crippen molar-refractivity contribution in [1.82, 2.24) is 4.98 Å². The maximum absolute atomic E-state index is 11.9. The summed E-state index contributed by atoms with van der Waals surface area (Å²) in [5.41, 5.74) is 4.08. The van der Waals surface area contributed by atoms with Crippen LogP contribution in [0.3, 0.4) is 0 Å². The summed E-state index contributed by atoms with van der Waals surface area (Å²) >= 11 is 0. The Morgan fingerprint density at radius 3 is 2.38 bits per heavy atom. The fraction of sp³-hybridized carbons (Fsp3) is 0.0833. The summed E-state index contributed by atoms with van der Waals surface area (Å²) in [6.45, 7) is 0. The van der Waals surface area contributed by atoms with Crippen molar-refractivity contribution in [2.24, 2.45) is 10.3 Å². The molecule has 0 aliphatic carbocycles. The number of hydrogen-bond donors (Lipinski definition) is 2. The first-order valence-corrected chi connectivity index (χ1v) is 9.76. The number of esters is 1. The van der Waals surface area contributed by atoms with E-state index in [9.17, 15) is 14.8 Å². The second-order valence-corrected chi connectivity index (χ2v) is 7.05. The second kappa shape index (κ2) is 8.73. The zero-order valence-corrected chi connectivity index (χ0v) is 17.4. The Morgan fingerprint density at radius 1 is 1.00 bits per heavy atom. The molecular formula is C24H20N4O4. The van der Waals surface area contributed by atoms with Gasteiger partial charge in [0.2, 0.25) is 0 Å². The van der Waals surface area contributed by atoms with Crippen LogP contribution in [0, 0.1) is 4.91 Å². The molecule has 0 fully saturated rings. The molecule has 0 radical (unpaired) electrons. The average Bonchev–Trinajstić information content (AvgIpc) is 3.17. The number of H-pyrrole nitrogens is 1. The van der Waals surface area contributed by atoms with E-state index in [-0.39, 0.29) is 5.88 Å². The molecule has 160 valence electrons. The van der Waals surface area contributed by atoms with E-state index in [0.717, 1.165) is 5.56 Å². The Kier molecular flexibility index (Phi) is 5.67. The van der Waals surface area contributed by atoms with Gasteiger partial charge in [0, 0.05) is 23.5 Å². The van der Waals surface area contributed by atoms with Gasteiger partial charge in [0.15, 0.2) is 5.88 Å². The number of aromatic nitrogens is 1. The van der Waals surface area contributed by atoms with Crippen LogP contribution in [0.1, 0.15) is 21.5 Å². The van der Waals surface area contributed by atoms with E-state index in [4.69, 9.17) is 9.73 Å². The first-order chi connectivity index (χ1) is 15.5. The number of methoxy groups -OCH3 is 1. The molecule has 4 rings (SSSR count). The van der Waals surface area contributed by atoms with E-state index in [2.05, 4.69) is 10.3 Å². The molecular weight excluding hydrogens is 408 g/mol. The molecule has 0 aliphatic rings. The van der Waals surface area contributed by atoms with Crippen molar-refractivity contribution in [3.63, 3.8) is 0 Å². The summed E-state index contributed by atoms with van der Waals surface area (Å²) < 4.78 is 4.78. The molecule has 0 spiro atoms. The van der Waals surface area contributed by atoms with Gasteiger partial charge in [-0.1, -0.05) is 36.4 Å². The molecule has 0 saturated carbocycles. The lowest BCUT2D eigenvalue weighted by atomic mass is 10.00. The van der Waals surface area contributed by atoms with Gasteiger partial charge in [-0.25, -0.2) is 14.8 Å². The summed E-state index contributed by atoms with van der Waals surface area (Å²) in [6, 6.07) is 21.5. The number of hydrogen-bond acceptors (Lipinski definition) is 6. The Balaban J connectivity index is 1.87. The monoisotopic (exact) mass is 428 g/mol. The number of nitrogens with one attached hydrogen (secondary N) is 1. The average molecular weight is 428 g/mol. The Bertz CT molecular complexity index is 1310. The molecule has 32 heavy (non-hydrogen) atoms. The van der Waals surface area contributed by atoms with E-state index >= 15 is 0 Å². The van der Waals surface area contributed by atoms with Crippen LogP contribution in [0.2, 0.25) is 0 Å². The van der Waals surface area contributed by atoms with Gasteiger partial charge in [0.1, 0.15) is 0 Å². The smallest absolute Gasteiger partial charge is 0.337 e. The summed E-state index contributed by atoms with van der Waals surface area (Å²) in [6.07, 6.45) is 0. The number of aromatic amines is 1. The lowest BCUT2D eigenvalue weighted by Gasteiger charge is -2.10. The van der Waals surface area contributed by atoms with Gasteiger partial charge in [-0.3, -0.25) is 0 Å². The molecule has 2 N–H and O–H groups in total. The van der Waals surface area contributed by atoms with E-state index < -0.39 is 5.97 Å².